The van der Waals surface area contributed by atoms with E-state index >= 15 is 0 Å². The van der Waals surface area contributed by atoms with Gasteiger partial charge < -0.3 is 15.5 Å². The largest absolute Gasteiger partial charge is 0.394 e. The minimum absolute atomic E-state index is 0.0411. The Balaban J connectivity index is 3.28. The molecule has 0 aromatic carbocycles. The number of rotatable bonds is 42. The molecule has 0 bridgehead atoms. The molecule has 0 aromatic heterocycles. The number of carbonyl (C=O) groups is 1. The van der Waals surface area contributed by atoms with E-state index in [4.69, 9.17) is 0 Å². The summed E-state index contributed by atoms with van der Waals surface area (Å²) in [6, 6.07) is -0.526. The van der Waals surface area contributed by atoms with Gasteiger partial charge in [-0.1, -0.05) is 245 Å². The van der Waals surface area contributed by atoms with E-state index in [0.29, 0.717) is 12.8 Å². The van der Waals surface area contributed by atoms with Gasteiger partial charge in [0, 0.05) is 6.42 Å². The molecule has 1 amide bonds. The molecule has 49 heavy (non-hydrogen) atoms. The van der Waals surface area contributed by atoms with E-state index in [-0.39, 0.29) is 12.5 Å². The fraction of sp³-hybridized carbons (Fsp3) is 0.978. The predicted octanol–water partition coefficient (Wildman–Crippen LogP) is 14.1. The summed E-state index contributed by atoms with van der Waals surface area (Å²) in [5.74, 6) is -0.0411. The molecule has 3 N–H and O–H groups in total. The fourth-order valence-electron chi connectivity index (χ4n) is 7.36. The second-order valence-electron chi connectivity index (χ2n) is 15.8. The highest BCUT2D eigenvalue weighted by Crippen LogP contribution is 2.17. The number of hydrogen-bond donors (Lipinski definition) is 3. The van der Waals surface area contributed by atoms with Crippen molar-refractivity contribution >= 4 is 5.91 Å². The highest BCUT2D eigenvalue weighted by molar-refractivity contribution is 5.76. The number of amides is 1. The van der Waals surface area contributed by atoms with Crippen molar-refractivity contribution in [3.05, 3.63) is 0 Å². The number of carbonyl (C=O) groups excluding carboxylic acids is 1. The highest BCUT2D eigenvalue weighted by Gasteiger charge is 2.20. The molecule has 0 radical (unpaired) electrons. The number of aliphatic hydroxyl groups excluding tert-OH is 2. The van der Waals surface area contributed by atoms with Crippen molar-refractivity contribution in [1.29, 1.82) is 0 Å². The first-order valence-electron chi connectivity index (χ1n) is 22.7. The van der Waals surface area contributed by atoms with Gasteiger partial charge in [-0.15, -0.1) is 0 Å². The zero-order valence-electron chi connectivity index (χ0n) is 33.7. The SMILES string of the molecule is CCCCCCCCCCCCCCCCCCCCCCCCCCCCCCCCCCC(O)C(CO)NC(=O)CCCCCCC. The third-order valence-corrected chi connectivity index (χ3v) is 10.9. The lowest BCUT2D eigenvalue weighted by Crippen LogP contribution is -2.45. The van der Waals surface area contributed by atoms with Crippen LogP contribution in [0.15, 0.2) is 0 Å². The maximum absolute atomic E-state index is 12.1. The molecule has 294 valence electrons. The summed E-state index contributed by atoms with van der Waals surface area (Å²) in [6.07, 6.45) is 51.1. The topological polar surface area (TPSA) is 69.6 Å². The van der Waals surface area contributed by atoms with Crippen LogP contribution in [0.3, 0.4) is 0 Å². The summed E-state index contributed by atoms with van der Waals surface area (Å²) in [6.45, 7) is 4.30. The average Bonchev–Trinajstić information content (AvgIpc) is 3.10. The first-order chi connectivity index (χ1) is 24.2. The standard InChI is InChI=1S/C45H91NO3/c1-3-5-7-9-10-11-12-13-14-15-16-17-18-19-20-21-22-23-24-25-26-27-28-29-30-31-32-33-34-35-37-38-40-44(48)43(42-47)46-45(49)41-39-36-8-6-4-2/h43-44,47-48H,3-42H2,1-2H3,(H,46,49). The normalized spacial score (nSPS) is 12.8. The van der Waals surface area contributed by atoms with Gasteiger partial charge in [-0.05, 0) is 12.8 Å². The number of hydrogen-bond acceptors (Lipinski definition) is 3. The van der Waals surface area contributed by atoms with E-state index < -0.39 is 12.1 Å². The molecule has 4 nitrogen and oxygen atoms in total. The Morgan fingerprint density at radius 2 is 0.653 bits per heavy atom. The molecule has 0 spiro atoms. The zero-order chi connectivity index (χ0) is 35.7. The molecule has 2 unspecified atom stereocenters. The Labute approximate surface area is 308 Å². The molecule has 0 aliphatic heterocycles. The third kappa shape index (κ3) is 38.5. The molecule has 0 fully saturated rings. The smallest absolute Gasteiger partial charge is 0.220 e. The second-order valence-corrected chi connectivity index (χ2v) is 15.8. The minimum atomic E-state index is -0.650. The van der Waals surface area contributed by atoms with Crippen LogP contribution in [-0.2, 0) is 4.79 Å². The maximum atomic E-state index is 12.1. The second kappa shape index (κ2) is 41.8. The van der Waals surface area contributed by atoms with Crippen molar-refractivity contribution in [3.8, 4) is 0 Å². The van der Waals surface area contributed by atoms with E-state index in [9.17, 15) is 15.0 Å². The van der Waals surface area contributed by atoms with Gasteiger partial charge in [0.25, 0.3) is 0 Å². The summed E-state index contributed by atoms with van der Waals surface area (Å²) in [7, 11) is 0. The molecule has 4 heteroatoms. The minimum Gasteiger partial charge on any atom is -0.394 e. The Morgan fingerprint density at radius 3 is 0.918 bits per heavy atom. The molecule has 0 aliphatic carbocycles. The van der Waals surface area contributed by atoms with E-state index in [1.165, 1.54) is 212 Å². The van der Waals surface area contributed by atoms with Gasteiger partial charge >= 0.3 is 0 Å². The molecule has 2 atom stereocenters. The highest BCUT2D eigenvalue weighted by atomic mass is 16.3. The predicted molar refractivity (Wildman–Crippen MR) is 216 cm³/mol. The lowest BCUT2D eigenvalue weighted by molar-refractivity contribution is -0.123. The maximum Gasteiger partial charge on any atom is 0.220 e. The van der Waals surface area contributed by atoms with Crippen molar-refractivity contribution in [1.82, 2.24) is 5.32 Å². The van der Waals surface area contributed by atoms with Gasteiger partial charge in [0.15, 0.2) is 0 Å². The molecule has 0 rings (SSSR count). The van der Waals surface area contributed by atoms with Crippen molar-refractivity contribution in [2.45, 2.75) is 276 Å². The van der Waals surface area contributed by atoms with Crippen LogP contribution in [0.25, 0.3) is 0 Å². The summed E-state index contributed by atoms with van der Waals surface area (Å²) in [4.78, 5) is 12.1. The van der Waals surface area contributed by atoms with Gasteiger partial charge in [0.05, 0.1) is 18.8 Å². The van der Waals surface area contributed by atoms with E-state index in [2.05, 4.69) is 19.2 Å². The van der Waals surface area contributed by atoms with Crippen molar-refractivity contribution in [3.63, 3.8) is 0 Å². The van der Waals surface area contributed by atoms with Crippen LogP contribution >= 0.6 is 0 Å². The van der Waals surface area contributed by atoms with Crippen LogP contribution in [-0.4, -0.2) is 34.9 Å². The van der Waals surface area contributed by atoms with Gasteiger partial charge in [0.2, 0.25) is 5.91 Å². The first-order valence-corrected chi connectivity index (χ1v) is 22.7. The monoisotopic (exact) mass is 694 g/mol. The molecular weight excluding hydrogens is 602 g/mol. The summed E-state index contributed by atoms with van der Waals surface area (Å²) < 4.78 is 0. The van der Waals surface area contributed by atoms with E-state index in [0.717, 1.165) is 25.7 Å². The quantitative estimate of drug-likeness (QED) is 0.0557. The Bertz CT molecular complexity index is 626. The Morgan fingerprint density at radius 1 is 0.408 bits per heavy atom. The third-order valence-electron chi connectivity index (χ3n) is 10.9. The Kier molecular flexibility index (Phi) is 41.3. The molecule has 0 heterocycles. The first kappa shape index (κ1) is 48.4. The van der Waals surface area contributed by atoms with Crippen molar-refractivity contribution in [2.75, 3.05) is 6.61 Å². The summed E-state index contributed by atoms with van der Waals surface area (Å²) in [5.41, 5.74) is 0. The fourth-order valence-corrected chi connectivity index (χ4v) is 7.36. The summed E-state index contributed by atoms with van der Waals surface area (Å²) in [5, 5.41) is 22.9. The molecule has 0 aliphatic rings. The lowest BCUT2D eigenvalue weighted by atomic mass is 10.0. The molecule has 0 saturated heterocycles. The number of nitrogens with one attached hydrogen (secondary N) is 1. The average molecular weight is 694 g/mol. The van der Waals surface area contributed by atoms with E-state index in [1.807, 2.05) is 0 Å². The number of aliphatic hydroxyl groups is 2. The van der Waals surface area contributed by atoms with Crippen molar-refractivity contribution in [2.24, 2.45) is 0 Å². The van der Waals surface area contributed by atoms with Crippen LogP contribution in [0.5, 0.6) is 0 Å². The van der Waals surface area contributed by atoms with Crippen molar-refractivity contribution < 1.29 is 15.0 Å². The van der Waals surface area contributed by atoms with Crippen LogP contribution in [0.4, 0.5) is 0 Å². The van der Waals surface area contributed by atoms with Gasteiger partial charge in [-0.25, -0.2) is 0 Å². The van der Waals surface area contributed by atoms with Gasteiger partial charge in [-0.3, -0.25) is 4.79 Å². The number of unbranched alkanes of at least 4 members (excludes halogenated alkanes) is 35. The van der Waals surface area contributed by atoms with Crippen LogP contribution < -0.4 is 5.32 Å². The molecule has 0 aromatic rings. The van der Waals surface area contributed by atoms with Crippen LogP contribution in [0.2, 0.25) is 0 Å². The van der Waals surface area contributed by atoms with Gasteiger partial charge in [-0.2, -0.15) is 0 Å². The summed E-state index contributed by atoms with van der Waals surface area (Å²) >= 11 is 0. The van der Waals surface area contributed by atoms with Gasteiger partial charge in [0.1, 0.15) is 0 Å². The van der Waals surface area contributed by atoms with E-state index in [1.54, 1.807) is 0 Å². The van der Waals surface area contributed by atoms with Crippen LogP contribution in [0, 0.1) is 0 Å². The Hall–Kier alpha value is -0.610. The molecule has 0 saturated carbocycles. The zero-order valence-corrected chi connectivity index (χ0v) is 33.7. The molecular formula is C45H91NO3. The van der Waals surface area contributed by atoms with Crippen LogP contribution in [0.1, 0.15) is 264 Å². The lowest BCUT2D eigenvalue weighted by Gasteiger charge is -2.22.